The Kier molecular flexibility index (Phi) is 6.65. The highest BCUT2D eigenvalue weighted by molar-refractivity contribution is 5.96. The molecule has 116 valence electrons. The smallest absolute Gasteiger partial charge is 0.317 e. The number of nitrogens with zero attached hydrogens (tertiary/aromatic N) is 2. The van der Waals surface area contributed by atoms with Crippen molar-refractivity contribution in [2.45, 2.75) is 19.8 Å². The lowest BCUT2D eigenvalue weighted by atomic mass is 10.2. The molecule has 1 N–H and O–H groups in total. The molecule has 0 unspecified atom stereocenters. The van der Waals surface area contributed by atoms with Crippen molar-refractivity contribution in [1.29, 1.82) is 0 Å². The Balaban J connectivity index is 0.00000220. The van der Waals surface area contributed by atoms with Crippen LogP contribution in [-0.2, 0) is 16.0 Å². The monoisotopic (exact) mass is 312 g/mol. The summed E-state index contributed by atoms with van der Waals surface area (Å²) in [5.74, 6) is -0.919. The first kappa shape index (κ1) is 17.5. The van der Waals surface area contributed by atoms with Gasteiger partial charge in [0.25, 0.3) is 0 Å². The molecule has 0 spiro atoms. The van der Waals surface area contributed by atoms with Gasteiger partial charge in [0.2, 0.25) is 5.91 Å². The first-order valence-electron chi connectivity index (χ1n) is 6.94. The number of carbonyl (C=O) groups is 2. The van der Waals surface area contributed by atoms with Crippen LogP contribution < -0.4 is 4.90 Å². The summed E-state index contributed by atoms with van der Waals surface area (Å²) in [5.41, 5.74) is 2.14. The zero-order valence-electron chi connectivity index (χ0n) is 12.1. The first-order chi connectivity index (χ1) is 9.61. The molecule has 0 saturated carbocycles. The molecule has 0 atom stereocenters. The predicted molar refractivity (Wildman–Crippen MR) is 84.1 cm³/mol. The molecule has 0 saturated heterocycles. The summed E-state index contributed by atoms with van der Waals surface area (Å²) in [6, 6.07) is 7.87. The number of carboxylic acid groups (broad SMARTS) is 1. The number of carbonyl (C=O) groups excluding carboxylic acids is 1. The van der Waals surface area contributed by atoms with Gasteiger partial charge < -0.3 is 10.0 Å². The molecule has 21 heavy (non-hydrogen) atoms. The molecule has 0 radical (unpaired) electrons. The number of hydrogen-bond donors (Lipinski definition) is 1. The molecule has 0 aromatic heterocycles. The van der Waals surface area contributed by atoms with Gasteiger partial charge in [0.05, 0.1) is 13.1 Å². The number of anilines is 1. The van der Waals surface area contributed by atoms with Gasteiger partial charge in [0.15, 0.2) is 0 Å². The molecule has 5 nitrogen and oxygen atoms in total. The van der Waals surface area contributed by atoms with Crippen molar-refractivity contribution in [3.8, 4) is 0 Å². The van der Waals surface area contributed by atoms with E-state index in [9.17, 15) is 9.59 Å². The Morgan fingerprint density at radius 3 is 2.67 bits per heavy atom. The molecule has 0 fully saturated rings. The largest absolute Gasteiger partial charge is 0.480 e. The number of halogens is 1. The second-order valence-corrected chi connectivity index (χ2v) is 5.03. The third-order valence-corrected chi connectivity index (χ3v) is 3.45. The van der Waals surface area contributed by atoms with Crippen LogP contribution in [0.4, 0.5) is 5.69 Å². The zero-order chi connectivity index (χ0) is 14.5. The number of para-hydroxylation sites is 1. The van der Waals surface area contributed by atoms with Crippen molar-refractivity contribution in [2.75, 3.05) is 31.1 Å². The SMILES string of the molecule is CCCN(CC(=O)O)CC(=O)N1CCc2ccccc21.Cl. The summed E-state index contributed by atoms with van der Waals surface area (Å²) in [4.78, 5) is 26.6. The van der Waals surface area contributed by atoms with E-state index >= 15 is 0 Å². The number of amides is 1. The van der Waals surface area contributed by atoms with Crippen LogP contribution in [0.5, 0.6) is 0 Å². The minimum Gasteiger partial charge on any atom is -0.480 e. The van der Waals surface area contributed by atoms with E-state index in [-0.39, 0.29) is 31.4 Å². The van der Waals surface area contributed by atoms with Crippen molar-refractivity contribution in [2.24, 2.45) is 0 Å². The maximum Gasteiger partial charge on any atom is 0.317 e. The molecule has 1 aromatic rings. The van der Waals surface area contributed by atoms with E-state index in [1.54, 1.807) is 9.80 Å². The number of aliphatic carboxylic acids is 1. The lowest BCUT2D eigenvalue weighted by Gasteiger charge is -2.23. The van der Waals surface area contributed by atoms with E-state index in [1.165, 1.54) is 5.56 Å². The lowest BCUT2D eigenvalue weighted by Crippen LogP contribution is -2.42. The lowest BCUT2D eigenvalue weighted by molar-refractivity contribution is -0.138. The Bertz CT molecular complexity index is 507. The summed E-state index contributed by atoms with van der Waals surface area (Å²) in [5, 5.41) is 8.88. The second kappa shape index (κ2) is 8.00. The fourth-order valence-corrected chi connectivity index (χ4v) is 2.60. The molecule has 6 heteroatoms. The van der Waals surface area contributed by atoms with Crippen molar-refractivity contribution in [3.05, 3.63) is 29.8 Å². The summed E-state index contributed by atoms with van der Waals surface area (Å²) in [6.07, 6.45) is 1.70. The average Bonchev–Trinajstić information content (AvgIpc) is 2.82. The third kappa shape index (κ3) is 4.44. The van der Waals surface area contributed by atoms with Crippen LogP contribution in [-0.4, -0.2) is 48.1 Å². The molecule has 0 aliphatic carbocycles. The van der Waals surface area contributed by atoms with Gasteiger partial charge in [-0.05, 0) is 31.0 Å². The molecule has 1 aliphatic heterocycles. The van der Waals surface area contributed by atoms with E-state index in [2.05, 4.69) is 0 Å². The predicted octanol–water partition coefficient (Wildman–Crippen LogP) is 1.79. The normalized spacial score (nSPS) is 13.0. The van der Waals surface area contributed by atoms with E-state index in [0.29, 0.717) is 13.1 Å². The Morgan fingerprint density at radius 2 is 2.00 bits per heavy atom. The third-order valence-electron chi connectivity index (χ3n) is 3.45. The van der Waals surface area contributed by atoms with Gasteiger partial charge >= 0.3 is 5.97 Å². The second-order valence-electron chi connectivity index (χ2n) is 5.03. The van der Waals surface area contributed by atoms with Gasteiger partial charge in [0.1, 0.15) is 0 Å². The molecule has 1 aromatic carbocycles. The fraction of sp³-hybridized carbons (Fsp3) is 0.467. The quantitative estimate of drug-likeness (QED) is 0.870. The molecule has 2 rings (SSSR count). The molecular formula is C15H21ClN2O3. The molecule has 0 bridgehead atoms. The van der Waals surface area contributed by atoms with Crippen LogP contribution in [0.3, 0.4) is 0 Å². The summed E-state index contributed by atoms with van der Waals surface area (Å²) in [6.45, 7) is 3.35. The topological polar surface area (TPSA) is 60.9 Å². The van der Waals surface area contributed by atoms with E-state index in [1.807, 2.05) is 31.2 Å². The highest BCUT2D eigenvalue weighted by Gasteiger charge is 2.25. The Labute approximate surface area is 131 Å². The van der Waals surface area contributed by atoms with Gasteiger partial charge in [0, 0.05) is 12.2 Å². The summed E-state index contributed by atoms with van der Waals surface area (Å²) >= 11 is 0. The molecule has 1 aliphatic rings. The standard InChI is InChI=1S/C15H20N2O3.ClH/c1-2-8-16(11-15(19)20)10-14(18)17-9-7-12-5-3-4-6-13(12)17;/h3-6H,2,7-11H2,1H3,(H,19,20);1H. The van der Waals surface area contributed by atoms with E-state index < -0.39 is 5.97 Å². The summed E-state index contributed by atoms with van der Waals surface area (Å²) in [7, 11) is 0. The zero-order valence-corrected chi connectivity index (χ0v) is 12.9. The van der Waals surface area contributed by atoms with Crippen LogP contribution in [0, 0.1) is 0 Å². The van der Waals surface area contributed by atoms with Crippen LogP contribution in [0.25, 0.3) is 0 Å². The number of rotatable bonds is 6. The highest BCUT2D eigenvalue weighted by Crippen LogP contribution is 2.27. The average molecular weight is 313 g/mol. The first-order valence-corrected chi connectivity index (χ1v) is 6.94. The molecule has 1 heterocycles. The highest BCUT2D eigenvalue weighted by atomic mass is 35.5. The van der Waals surface area contributed by atoms with E-state index in [0.717, 1.165) is 18.5 Å². The number of hydrogen-bond acceptors (Lipinski definition) is 3. The van der Waals surface area contributed by atoms with Crippen molar-refractivity contribution in [1.82, 2.24) is 4.90 Å². The van der Waals surface area contributed by atoms with Gasteiger partial charge in [-0.1, -0.05) is 25.1 Å². The number of fused-ring (bicyclic) bond motifs is 1. The minimum atomic E-state index is -0.895. The van der Waals surface area contributed by atoms with Gasteiger partial charge in [-0.2, -0.15) is 0 Å². The molecule has 1 amide bonds. The van der Waals surface area contributed by atoms with Crippen molar-refractivity contribution < 1.29 is 14.7 Å². The Hall–Kier alpha value is -1.59. The van der Waals surface area contributed by atoms with Crippen LogP contribution >= 0.6 is 12.4 Å². The van der Waals surface area contributed by atoms with Crippen LogP contribution in [0.1, 0.15) is 18.9 Å². The van der Waals surface area contributed by atoms with Crippen LogP contribution in [0.2, 0.25) is 0 Å². The minimum absolute atomic E-state index is 0. The fourth-order valence-electron chi connectivity index (χ4n) is 2.60. The number of benzene rings is 1. The Morgan fingerprint density at radius 1 is 1.29 bits per heavy atom. The van der Waals surface area contributed by atoms with Gasteiger partial charge in [-0.15, -0.1) is 12.4 Å². The summed E-state index contributed by atoms with van der Waals surface area (Å²) < 4.78 is 0. The van der Waals surface area contributed by atoms with E-state index in [4.69, 9.17) is 5.11 Å². The van der Waals surface area contributed by atoms with Crippen LogP contribution in [0.15, 0.2) is 24.3 Å². The van der Waals surface area contributed by atoms with Crippen molar-refractivity contribution in [3.63, 3.8) is 0 Å². The maximum atomic E-state index is 12.4. The van der Waals surface area contributed by atoms with Gasteiger partial charge in [-0.25, -0.2) is 0 Å². The van der Waals surface area contributed by atoms with Gasteiger partial charge in [-0.3, -0.25) is 14.5 Å². The maximum absolute atomic E-state index is 12.4. The van der Waals surface area contributed by atoms with Crippen molar-refractivity contribution >= 4 is 30.0 Å². The number of carboxylic acids is 1. The molecular weight excluding hydrogens is 292 g/mol.